The second-order valence-electron chi connectivity index (χ2n) is 8.40. The highest BCUT2D eigenvalue weighted by Crippen LogP contribution is 2.38. The molecule has 0 aliphatic carbocycles. The van der Waals surface area contributed by atoms with Crippen molar-refractivity contribution in [2.45, 2.75) is 20.5 Å². The number of halogens is 2. The van der Waals surface area contributed by atoms with E-state index in [4.69, 9.17) is 25.8 Å². The number of hydrogen-bond donors (Lipinski definition) is 1. The Morgan fingerprint density at radius 1 is 0.975 bits per heavy atom. The smallest absolute Gasteiger partial charge is 0.338 e. The fourth-order valence-corrected chi connectivity index (χ4v) is 4.37. The van der Waals surface area contributed by atoms with Crippen molar-refractivity contribution in [3.8, 4) is 11.5 Å². The summed E-state index contributed by atoms with van der Waals surface area (Å²) in [5.41, 5.74) is 1.42. The van der Waals surface area contributed by atoms with Gasteiger partial charge in [0.1, 0.15) is 12.2 Å². The highest BCUT2D eigenvalue weighted by atomic mass is 79.9. The van der Waals surface area contributed by atoms with Gasteiger partial charge < -0.3 is 14.2 Å². The zero-order valence-electron chi connectivity index (χ0n) is 21.5. The maximum Gasteiger partial charge on any atom is 0.338 e. The van der Waals surface area contributed by atoms with Gasteiger partial charge >= 0.3 is 12.0 Å². The number of carbonyl (C=O) groups is 4. The third kappa shape index (κ3) is 6.52. The summed E-state index contributed by atoms with van der Waals surface area (Å²) in [5, 5.41) is 2.38. The average molecular weight is 628 g/mol. The number of hydrogen-bond acceptors (Lipinski definition) is 7. The zero-order chi connectivity index (χ0) is 28.8. The lowest BCUT2D eigenvalue weighted by Gasteiger charge is -2.26. The number of imide groups is 2. The van der Waals surface area contributed by atoms with E-state index in [0.29, 0.717) is 23.7 Å². The average Bonchev–Trinajstić information content (AvgIpc) is 2.92. The minimum absolute atomic E-state index is 0.165. The van der Waals surface area contributed by atoms with Crippen molar-refractivity contribution < 1.29 is 33.4 Å². The largest absolute Gasteiger partial charge is 0.490 e. The Morgan fingerprint density at radius 2 is 1.68 bits per heavy atom. The van der Waals surface area contributed by atoms with Crippen molar-refractivity contribution in [3.05, 3.63) is 92.4 Å². The van der Waals surface area contributed by atoms with E-state index in [2.05, 4.69) is 21.2 Å². The monoisotopic (exact) mass is 626 g/mol. The van der Waals surface area contributed by atoms with Crippen LogP contribution in [0, 0.1) is 0 Å². The Bertz CT molecular complexity index is 1490. The number of benzene rings is 3. The van der Waals surface area contributed by atoms with Crippen LogP contribution >= 0.6 is 27.5 Å². The summed E-state index contributed by atoms with van der Waals surface area (Å²) in [4.78, 5) is 51.3. The van der Waals surface area contributed by atoms with Crippen LogP contribution in [0.4, 0.5) is 10.5 Å². The summed E-state index contributed by atoms with van der Waals surface area (Å²) in [6.45, 7) is 4.24. The van der Waals surface area contributed by atoms with Crippen molar-refractivity contribution in [2.75, 3.05) is 18.1 Å². The molecule has 206 valence electrons. The molecule has 0 aromatic heterocycles. The first kappa shape index (κ1) is 28.8. The normalized spacial score (nSPS) is 14.2. The number of rotatable bonds is 9. The molecule has 0 unspecified atom stereocenters. The predicted octanol–water partition coefficient (Wildman–Crippen LogP) is 5.92. The van der Waals surface area contributed by atoms with E-state index in [-0.39, 0.29) is 35.1 Å². The topological polar surface area (TPSA) is 111 Å². The molecule has 1 heterocycles. The summed E-state index contributed by atoms with van der Waals surface area (Å²) >= 11 is 9.93. The molecular weight excluding hydrogens is 604 g/mol. The molecule has 4 rings (SSSR count). The number of carbonyl (C=O) groups excluding carboxylic acids is 4. The molecule has 0 radical (unpaired) electrons. The highest BCUT2D eigenvalue weighted by Gasteiger charge is 2.37. The zero-order valence-corrected chi connectivity index (χ0v) is 23.9. The van der Waals surface area contributed by atoms with Crippen LogP contribution in [-0.4, -0.2) is 37.0 Å². The Kier molecular flexibility index (Phi) is 9.23. The lowest BCUT2D eigenvalue weighted by atomic mass is 10.1. The minimum Gasteiger partial charge on any atom is -0.490 e. The van der Waals surface area contributed by atoms with Gasteiger partial charge in [0.15, 0.2) is 11.5 Å². The van der Waals surface area contributed by atoms with Crippen molar-refractivity contribution in [3.63, 3.8) is 0 Å². The predicted molar refractivity (Wildman–Crippen MR) is 152 cm³/mol. The molecule has 1 aliphatic heterocycles. The van der Waals surface area contributed by atoms with Gasteiger partial charge in [-0.2, -0.15) is 0 Å². The number of urea groups is 1. The number of nitrogens with one attached hydrogen (secondary N) is 1. The Labute approximate surface area is 243 Å². The molecule has 3 aromatic rings. The van der Waals surface area contributed by atoms with E-state index in [1.165, 1.54) is 36.4 Å². The number of nitrogens with zero attached hydrogens (tertiary/aromatic N) is 1. The maximum atomic E-state index is 13.3. The Balaban J connectivity index is 1.62. The van der Waals surface area contributed by atoms with Gasteiger partial charge in [-0.25, -0.2) is 14.5 Å². The summed E-state index contributed by atoms with van der Waals surface area (Å²) in [6.07, 6.45) is 1.32. The fourth-order valence-electron chi connectivity index (χ4n) is 3.83. The van der Waals surface area contributed by atoms with E-state index < -0.39 is 23.8 Å². The number of barbiturate groups is 1. The van der Waals surface area contributed by atoms with Crippen LogP contribution in [-0.2, 0) is 20.9 Å². The fraction of sp³-hybridized carbons (Fsp3) is 0.172. The van der Waals surface area contributed by atoms with Crippen molar-refractivity contribution in [2.24, 2.45) is 0 Å². The molecule has 0 bridgehead atoms. The molecule has 1 aliphatic rings. The van der Waals surface area contributed by atoms with E-state index >= 15 is 0 Å². The number of amides is 4. The van der Waals surface area contributed by atoms with Crippen molar-refractivity contribution in [1.82, 2.24) is 5.32 Å². The number of esters is 1. The maximum absolute atomic E-state index is 13.3. The van der Waals surface area contributed by atoms with Crippen LogP contribution in [0.2, 0.25) is 5.02 Å². The van der Waals surface area contributed by atoms with Crippen LogP contribution in [0.5, 0.6) is 11.5 Å². The lowest BCUT2D eigenvalue weighted by molar-refractivity contribution is -0.122. The Hall–Kier alpha value is -4.15. The van der Waals surface area contributed by atoms with Crippen molar-refractivity contribution >= 4 is 63.1 Å². The Morgan fingerprint density at radius 3 is 2.33 bits per heavy atom. The minimum atomic E-state index is -0.916. The summed E-state index contributed by atoms with van der Waals surface area (Å²) in [5.74, 6) is -1.61. The lowest BCUT2D eigenvalue weighted by Crippen LogP contribution is -2.54. The second-order valence-corrected chi connectivity index (χ2v) is 9.73. The summed E-state index contributed by atoms with van der Waals surface area (Å²) in [7, 11) is 0. The molecule has 1 fully saturated rings. The molecule has 0 atom stereocenters. The van der Waals surface area contributed by atoms with Crippen LogP contribution in [0.3, 0.4) is 0 Å². The van der Waals surface area contributed by atoms with Gasteiger partial charge in [0.25, 0.3) is 11.8 Å². The third-order valence-electron chi connectivity index (χ3n) is 5.68. The molecule has 9 nitrogen and oxygen atoms in total. The molecular formula is C29H24BrClN2O7. The molecule has 11 heteroatoms. The number of anilines is 1. The van der Waals surface area contributed by atoms with Gasteiger partial charge in [-0.05, 0) is 79.6 Å². The van der Waals surface area contributed by atoms with Crippen LogP contribution in [0.25, 0.3) is 6.08 Å². The number of ether oxygens (including phenoxy) is 3. The molecule has 1 N–H and O–H groups in total. The first-order chi connectivity index (χ1) is 19.2. The third-order valence-corrected chi connectivity index (χ3v) is 6.49. The summed E-state index contributed by atoms with van der Waals surface area (Å²) < 4.78 is 17.6. The molecule has 3 aromatic carbocycles. The SMILES string of the molecule is CCOC(=O)c1ccc(N2C(=O)NC(=O)/C(=C\c3cc(Cl)c(OCc4ccc(Br)cc4)c(OCC)c3)C2=O)cc1. The van der Waals surface area contributed by atoms with Gasteiger partial charge in [0.2, 0.25) is 0 Å². The molecule has 4 amide bonds. The quantitative estimate of drug-likeness (QED) is 0.178. The highest BCUT2D eigenvalue weighted by molar-refractivity contribution is 9.10. The van der Waals surface area contributed by atoms with Crippen LogP contribution in [0.1, 0.15) is 35.3 Å². The second kappa shape index (κ2) is 12.8. The first-order valence-electron chi connectivity index (χ1n) is 12.2. The van der Waals surface area contributed by atoms with Gasteiger partial charge in [-0.3, -0.25) is 14.9 Å². The van der Waals surface area contributed by atoms with E-state index in [0.717, 1.165) is 14.9 Å². The first-order valence-corrected chi connectivity index (χ1v) is 13.4. The van der Waals surface area contributed by atoms with E-state index in [1.807, 2.05) is 24.3 Å². The van der Waals surface area contributed by atoms with E-state index in [9.17, 15) is 19.2 Å². The van der Waals surface area contributed by atoms with Crippen LogP contribution in [0.15, 0.2) is 70.7 Å². The van der Waals surface area contributed by atoms with E-state index in [1.54, 1.807) is 19.9 Å². The molecule has 0 saturated carbocycles. The van der Waals surface area contributed by atoms with Crippen molar-refractivity contribution in [1.29, 1.82) is 0 Å². The van der Waals surface area contributed by atoms with Crippen LogP contribution < -0.4 is 19.7 Å². The van der Waals surface area contributed by atoms with Gasteiger partial charge in [-0.1, -0.05) is 39.7 Å². The summed E-state index contributed by atoms with van der Waals surface area (Å²) in [6, 6.07) is 15.5. The molecule has 0 spiro atoms. The van der Waals surface area contributed by atoms with Gasteiger partial charge in [0, 0.05) is 4.47 Å². The standard InChI is InChI=1S/C29H24BrClN2O7/c1-3-38-24-15-18(14-23(31)25(24)40-16-17-5-9-20(30)10-6-17)13-22-26(34)32-29(37)33(27(22)35)21-11-7-19(8-12-21)28(36)39-4-2/h5-15H,3-4,16H2,1-2H3,(H,32,34,37)/b22-13+. The molecule has 1 saturated heterocycles. The molecule has 40 heavy (non-hydrogen) atoms. The van der Waals surface area contributed by atoms with Gasteiger partial charge in [-0.15, -0.1) is 0 Å². The van der Waals surface area contributed by atoms with Gasteiger partial charge in [0.05, 0.1) is 29.5 Å².